The molecule has 6 nitrogen and oxygen atoms in total. The lowest BCUT2D eigenvalue weighted by molar-refractivity contribution is -0.118. The Morgan fingerprint density at radius 1 is 1.32 bits per heavy atom. The SMILES string of the molecule is C/C=C/c1ccc(OCC(=O)Nc2ccnn2Cc2cc(Br)cs2)c(OC)c1. The van der Waals surface area contributed by atoms with E-state index >= 15 is 0 Å². The molecule has 0 aliphatic carbocycles. The van der Waals surface area contributed by atoms with Gasteiger partial charge in [-0.25, -0.2) is 4.68 Å². The fourth-order valence-corrected chi connectivity index (χ4v) is 4.00. The van der Waals surface area contributed by atoms with Crippen LogP contribution in [0.3, 0.4) is 0 Å². The molecule has 0 atom stereocenters. The molecule has 0 unspecified atom stereocenters. The number of aromatic nitrogens is 2. The van der Waals surface area contributed by atoms with Crippen LogP contribution in [0.25, 0.3) is 6.08 Å². The minimum atomic E-state index is -0.270. The van der Waals surface area contributed by atoms with Crippen LogP contribution in [0.4, 0.5) is 5.82 Å². The third-order valence-electron chi connectivity index (χ3n) is 3.82. The van der Waals surface area contributed by atoms with Crippen LogP contribution in [0.5, 0.6) is 11.5 Å². The number of anilines is 1. The van der Waals surface area contributed by atoms with E-state index in [0.29, 0.717) is 23.9 Å². The van der Waals surface area contributed by atoms with E-state index < -0.39 is 0 Å². The first-order chi connectivity index (χ1) is 13.6. The van der Waals surface area contributed by atoms with Gasteiger partial charge in [-0.05, 0) is 46.6 Å². The molecule has 1 aromatic carbocycles. The maximum atomic E-state index is 12.3. The second-order valence-corrected chi connectivity index (χ2v) is 7.76. The number of hydrogen-bond acceptors (Lipinski definition) is 5. The van der Waals surface area contributed by atoms with Crippen LogP contribution in [0.2, 0.25) is 0 Å². The summed E-state index contributed by atoms with van der Waals surface area (Å²) in [5.41, 5.74) is 1.00. The Labute approximate surface area is 175 Å². The van der Waals surface area contributed by atoms with E-state index in [0.717, 1.165) is 14.9 Å². The van der Waals surface area contributed by atoms with Gasteiger partial charge in [0.05, 0.1) is 19.9 Å². The number of benzene rings is 1. The quantitative estimate of drug-likeness (QED) is 0.522. The van der Waals surface area contributed by atoms with Gasteiger partial charge in [-0.3, -0.25) is 4.79 Å². The summed E-state index contributed by atoms with van der Waals surface area (Å²) in [6.45, 7) is 2.40. The second-order valence-electron chi connectivity index (χ2n) is 5.85. The average molecular weight is 462 g/mol. The summed E-state index contributed by atoms with van der Waals surface area (Å²) >= 11 is 5.07. The average Bonchev–Trinajstić information content (AvgIpc) is 3.30. The van der Waals surface area contributed by atoms with Gasteiger partial charge in [0.1, 0.15) is 5.82 Å². The second kappa shape index (κ2) is 9.57. The number of thiophene rings is 1. The predicted molar refractivity (Wildman–Crippen MR) is 115 cm³/mol. The number of hydrogen-bond donors (Lipinski definition) is 1. The van der Waals surface area contributed by atoms with Gasteiger partial charge in [-0.15, -0.1) is 11.3 Å². The molecule has 2 aromatic heterocycles. The zero-order valence-electron chi connectivity index (χ0n) is 15.5. The van der Waals surface area contributed by atoms with Gasteiger partial charge in [-0.1, -0.05) is 18.2 Å². The van der Waals surface area contributed by atoms with Crippen LogP contribution in [0.1, 0.15) is 17.4 Å². The van der Waals surface area contributed by atoms with Crippen molar-refractivity contribution >= 4 is 45.1 Å². The number of nitrogens with zero attached hydrogens (tertiary/aromatic N) is 2. The molecule has 28 heavy (non-hydrogen) atoms. The molecule has 0 bridgehead atoms. The Morgan fingerprint density at radius 3 is 2.89 bits per heavy atom. The number of nitrogens with one attached hydrogen (secondary N) is 1. The number of ether oxygens (including phenoxy) is 2. The summed E-state index contributed by atoms with van der Waals surface area (Å²) in [6.07, 6.45) is 5.56. The molecule has 1 amide bonds. The molecule has 146 valence electrons. The van der Waals surface area contributed by atoms with E-state index in [4.69, 9.17) is 9.47 Å². The van der Waals surface area contributed by atoms with E-state index in [2.05, 4.69) is 26.3 Å². The van der Waals surface area contributed by atoms with Crippen molar-refractivity contribution in [3.63, 3.8) is 0 Å². The van der Waals surface area contributed by atoms with E-state index in [-0.39, 0.29) is 12.5 Å². The molecule has 0 spiro atoms. The van der Waals surface area contributed by atoms with Gasteiger partial charge in [0.2, 0.25) is 0 Å². The van der Waals surface area contributed by atoms with Gasteiger partial charge in [0, 0.05) is 20.8 Å². The molecule has 0 aliphatic heterocycles. The van der Waals surface area contributed by atoms with Crippen molar-refractivity contribution in [3.05, 3.63) is 62.9 Å². The minimum absolute atomic E-state index is 0.130. The minimum Gasteiger partial charge on any atom is -0.493 e. The maximum Gasteiger partial charge on any atom is 0.263 e. The van der Waals surface area contributed by atoms with Crippen molar-refractivity contribution in [1.82, 2.24) is 9.78 Å². The highest BCUT2D eigenvalue weighted by Crippen LogP contribution is 2.28. The first kappa shape index (κ1) is 20.2. The van der Waals surface area contributed by atoms with Crippen LogP contribution in [0.15, 0.2) is 52.5 Å². The number of methoxy groups -OCH3 is 1. The monoisotopic (exact) mass is 461 g/mol. The number of amides is 1. The Bertz CT molecular complexity index is 981. The zero-order valence-corrected chi connectivity index (χ0v) is 17.9. The smallest absolute Gasteiger partial charge is 0.263 e. The van der Waals surface area contributed by atoms with Crippen molar-refractivity contribution in [3.8, 4) is 11.5 Å². The lowest BCUT2D eigenvalue weighted by Gasteiger charge is -2.12. The molecular formula is C20H20BrN3O3S. The van der Waals surface area contributed by atoms with Crippen molar-refractivity contribution in [2.75, 3.05) is 19.0 Å². The summed E-state index contributed by atoms with van der Waals surface area (Å²) < 4.78 is 13.8. The molecule has 1 N–H and O–H groups in total. The molecule has 0 aliphatic rings. The third kappa shape index (κ3) is 5.24. The van der Waals surface area contributed by atoms with E-state index in [1.165, 1.54) is 0 Å². The predicted octanol–water partition coefficient (Wildman–Crippen LogP) is 4.81. The van der Waals surface area contributed by atoms with Gasteiger partial charge in [0.15, 0.2) is 18.1 Å². The highest BCUT2D eigenvalue weighted by Gasteiger charge is 2.11. The maximum absolute atomic E-state index is 12.3. The van der Waals surface area contributed by atoms with Gasteiger partial charge >= 0.3 is 0 Å². The highest BCUT2D eigenvalue weighted by atomic mass is 79.9. The molecule has 8 heteroatoms. The first-order valence-corrected chi connectivity index (χ1v) is 10.2. The topological polar surface area (TPSA) is 65.4 Å². The van der Waals surface area contributed by atoms with Crippen LogP contribution in [-0.4, -0.2) is 29.4 Å². The highest BCUT2D eigenvalue weighted by molar-refractivity contribution is 9.10. The number of halogens is 1. The first-order valence-electron chi connectivity index (χ1n) is 8.57. The summed E-state index contributed by atoms with van der Waals surface area (Å²) in [5.74, 6) is 1.45. The Hall–Kier alpha value is -2.58. The van der Waals surface area contributed by atoms with Crippen molar-refractivity contribution in [2.24, 2.45) is 0 Å². The number of carbonyl (C=O) groups excluding carboxylic acids is 1. The fourth-order valence-electron chi connectivity index (χ4n) is 2.57. The number of allylic oxidation sites excluding steroid dienone is 1. The summed E-state index contributed by atoms with van der Waals surface area (Å²) in [5, 5.41) is 9.12. The van der Waals surface area contributed by atoms with Gasteiger partial charge in [0.25, 0.3) is 5.91 Å². The van der Waals surface area contributed by atoms with Gasteiger partial charge in [-0.2, -0.15) is 5.10 Å². The van der Waals surface area contributed by atoms with E-state index in [1.54, 1.807) is 41.5 Å². The van der Waals surface area contributed by atoms with Crippen molar-refractivity contribution < 1.29 is 14.3 Å². The Kier molecular flexibility index (Phi) is 6.89. The van der Waals surface area contributed by atoms with E-state index in [9.17, 15) is 4.79 Å². The molecule has 0 saturated carbocycles. The lowest BCUT2D eigenvalue weighted by Crippen LogP contribution is -2.22. The Morgan fingerprint density at radius 2 is 2.18 bits per heavy atom. The van der Waals surface area contributed by atoms with Crippen LogP contribution >= 0.6 is 27.3 Å². The normalized spacial score (nSPS) is 11.0. The number of carbonyl (C=O) groups is 1. The molecule has 0 radical (unpaired) electrons. The molecule has 3 aromatic rings. The standard InChI is InChI=1S/C20H20BrN3O3S/c1-3-4-14-5-6-17(18(9-14)26-2)27-12-20(25)23-19-7-8-22-24(19)11-16-10-15(21)13-28-16/h3-10,13H,11-12H2,1-2H3,(H,23,25)/b4-3+. The molecular weight excluding hydrogens is 442 g/mol. The lowest BCUT2D eigenvalue weighted by atomic mass is 10.2. The third-order valence-corrected chi connectivity index (χ3v) is 5.50. The molecule has 3 rings (SSSR count). The van der Waals surface area contributed by atoms with Crippen LogP contribution in [-0.2, 0) is 11.3 Å². The van der Waals surface area contributed by atoms with Crippen LogP contribution < -0.4 is 14.8 Å². The summed E-state index contributed by atoms with van der Waals surface area (Å²) in [6, 6.07) is 9.35. The molecule has 0 saturated heterocycles. The Balaban J connectivity index is 1.60. The van der Waals surface area contributed by atoms with Crippen molar-refractivity contribution in [2.45, 2.75) is 13.5 Å². The van der Waals surface area contributed by atoms with E-state index in [1.807, 2.05) is 42.7 Å². The zero-order chi connectivity index (χ0) is 19.9. The molecule has 0 fully saturated rings. The summed E-state index contributed by atoms with van der Waals surface area (Å²) in [4.78, 5) is 13.5. The molecule has 2 heterocycles. The van der Waals surface area contributed by atoms with Crippen molar-refractivity contribution in [1.29, 1.82) is 0 Å². The number of rotatable bonds is 8. The van der Waals surface area contributed by atoms with Crippen LogP contribution in [0, 0.1) is 0 Å². The van der Waals surface area contributed by atoms with Gasteiger partial charge < -0.3 is 14.8 Å². The summed E-state index contributed by atoms with van der Waals surface area (Å²) in [7, 11) is 1.57. The fraction of sp³-hybridized carbons (Fsp3) is 0.200. The largest absolute Gasteiger partial charge is 0.493 e.